The highest BCUT2D eigenvalue weighted by molar-refractivity contribution is 5.75. The molecule has 0 bridgehead atoms. The van der Waals surface area contributed by atoms with Gasteiger partial charge < -0.3 is 5.32 Å². The third-order valence-corrected chi connectivity index (χ3v) is 2.19. The topological polar surface area (TPSA) is 29.1 Å². The van der Waals surface area contributed by atoms with E-state index in [1.54, 1.807) is 7.05 Å². The van der Waals surface area contributed by atoms with Crippen LogP contribution in [0.4, 0.5) is 0 Å². The first kappa shape index (κ1) is 15.9. The van der Waals surface area contributed by atoms with Gasteiger partial charge in [0.05, 0.1) is 0 Å². The van der Waals surface area contributed by atoms with Gasteiger partial charge in [-0.2, -0.15) is 0 Å². The average Bonchev–Trinajstić information content (AvgIpc) is 2.25. The average molecular weight is 201 g/mol. The van der Waals surface area contributed by atoms with Crippen LogP contribution in [0.1, 0.15) is 59.8 Å². The normalized spacial score (nSPS) is 11.2. The third-order valence-electron chi connectivity index (χ3n) is 2.19. The SMILES string of the molecule is CC.CCCCC(C)CCC(=O)NC. The van der Waals surface area contributed by atoms with Gasteiger partial charge in [0.15, 0.2) is 0 Å². The lowest BCUT2D eigenvalue weighted by atomic mass is 9.99. The van der Waals surface area contributed by atoms with Crippen molar-refractivity contribution in [3.8, 4) is 0 Å². The molecule has 1 atom stereocenters. The van der Waals surface area contributed by atoms with Crippen molar-refractivity contribution in [3.63, 3.8) is 0 Å². The Labute approximate surface area is 89.5 Å². The molecule has 0 aliphatic rings. The minimum atomic E-state index is 0.165. The molecule has 0 aliphatic carbocycles. The number of nitrogens with one attached hydrogen (secondary N) is 1. The Balaban J connectivity index is 0. The molecule has 0 spiro atoms. The summed E-state index contributed by atoms with van der Waals surface area (Å²) in [7, 11) is 1.69. The minimum absolute atomic E-state index is 0.165. The second-order valence-electron chi connectivity index (χ2n) is 3.46. The van der Waals surface area contributed by atoms with Gasteiger partial charge in [-0.15, -0.1) is 0 Å². The quantitative estimate of drug-likeness (QED) is 0.701. The molecular formula is C12H27NO. The van der Waals surface area contributed by atoms with E-state index in [1.165, 1.54) is 19.3 Å². The van der Waals surface area contributed by atoms with Crippen molar-refractivity contribution in [1.29, 1.82) is 0 Å². The number of unbranched alkanes of at least 4 members (excludes halogenated alkanes) is 1. The van der Waals surface area contributed by atoms with Crippen molar-refractivity contribution in [2.24, 2.45) is 5.92 Å². The standard InChI is InChI=1S/C10H21NO.C2H6/c1-4-5-6-9(2)7-8-10(12)11-3;1-2/h9H,4-8H2,1-3H3,(H,11,12);1-2H3. The van der Waals surface area contributed by atoms with Gasteiger partial charge in [0.25, 0.3) is 0 Å². The van der Waals surface area contributed by atoms with E-state index in [2.05, 4.69) is 19.2 Å². The third kappa shape index (κ3) is 11.5. The van der Waals surface area contributed by atoms with Crippen molar-refractivity contribution in [2.45, 2.75) is 59.8 Å². The molecule has 1 N–H and O–H groups in total. The molecule has 1 unspecified atom stereocenters. The Hall–Kier alpha value is -0.530. The van der Waals surface area contributed by atoms with E-state index in [1.807, 2.05) is 13.8 Å². The first-order valence-corrected chi connectivity index (χ1v) is 5.91. The van der Waals surface area contributed by atoms with Crippen LogP contribution in [-0.4, -0.2) is 13.0 Å². The summed E-state index contributed by atoms with van der Waals surface area (Å²) >= 11 is 0. The molecule has 0 aromatic heterocycles. The number of carbonyl (C=O) groups is 1. The van der Waals surface area contributed by atoms with Crippen LogP contribution < -0.4 is 5.32 Å². The Morgan fingerprint density at radius 1 is 1.29 bits per heavy atom. The van der Waals surface area contributed by atoms with E-state index in [-0.39, 0.29) is 5.91 Å². The molecule has 0 saturated heterocycles. The van der Waals surface area contributed by atoms with Gasteiger partial charge in [-0.3, -0.25) is 4.79 Å². The van der Waals surface area contributed by atoms with Crippen molar-refractivity contribution < 1.29 is 4.79 Å². The molecule has 0 saturated carbocycles. The minimum Gasteiger partial charge on any atom is -0.359 e. The van der Waals surface area contributed by atoms with Crippen molar-refractivity contribution >= 4 is 5.91 Å². The predicted octanol–water partition coefficient (Wildman–Crippen LogP) is 3.37. The number of carbonyl (C=O) groups excluding carboxylic acids is 1. The smallest absolute Gasteiger partial charge is 0.219 e. The number of amides is 1. The fourth-order valence-electron chi connectivity index (χ4n) is 1.20. The van der Waals surface area contributed by atoms with Crippen LogP contribution in [0.2, 0.25) is 0 Å². The first-order chi connectivity index (χ1) is 6.70. The summed E-state index contributed by atoms with van der Waals surface area (Å²) in [6.45, 7) is 8.42. The maximum atomic E-state index is 10.9. The van der Waals surface area contributed by atoms with Crippen LogP contribution >= 0.6 is 0 Å². The van der Waals surface area contributed by atoms with Crippen LogP contribution in [0.25, 0.3) is 0 Å². The van der Waals surface area contributed by atoms with Gasteiger partial charge >= 0.3 is 0 Å². The zero-order chi connectivity index (χ0) is 11.4. The van der Waals surface area contributed by atoms with E-state index in [0.29, 0.717) is 12.3 Å². The molecule has 0 radical (unpaired) electrons. The van der Waals surface area contributed by atoms with E-state index in [4.69, 9.17) is 0 Å². The van der Waals surface area contributed by atoms with Gasteiger partial charge in [0.2, 0.25) is 5.91 Å². The Morgan fingerprint density at radius 3 is 2.29 bits per heavy atom. The summed E-state index contributed by atoms with van der Waals surface area (Å²) < 4.78 is 0. The number of hydrogen-bond donors (Lipinski definition) is 1. The molecule has 0 aliphatic heterocycles. The molecule has 2 nitrogen and oxygen atoms in total. The van der Waals surface area contributed by atoms with E-state index >= 15 is 0 Å². The molecule has 0 aromatic rings. The Morgan fingerprint density at radius 2 is 1.86 bits per heavy atom. The fraction of sp³-hybridized carbons (Fsp3) is 0.917. The summed E-state index contributed by atoms with van der Waals surface area (Å²) in [4.78, 5) is 10.9. The van der Waals surface area contributed by atoms with Gasteiger partial charge in [0.1, 0.15) is 0 Å². The summed E-state index contributed by atoms with van der Waals surface area (Å²) in [5.74, 6) is 0.862. The van der Waals surface area contributed by atoms with Crippen LogP contribution in [-0.2, 0) is 4.79 Å². The summed E-state index contributed by atoms with van der Waals surface area (Å²) in [6.07, 6.45) is 5.51. The molecule has 2 heteroatoms. The lowest BCUT2D eigenvalue weighted by Gasteiger charge is -2.08. The molecule has 86 valence electrons. The van der Waals surface area contributed by atoms with Gasteiger partial charge in [0, 0.05) is 13.5 Å². The van der Waals surface area contributed by atoms with Crippen LogP contribution in [0.15, 0.2) is 0 Å². The van der Waals surface area contributed by atoms with E-state index in [9.17, 15) is 4.79 Å². The van der Waals surface area contributed by atoms with Crippen LogP contribution in [0.5, 0.6) is 0 Å². The van der Waals surface area contributed by atoms with Crippen molar-refractivity contribution in [3.05, 3.63) is 0 Å². The second kappa shape index (κ2) is 12.5. The molecule has 14 heavy (non-hydrogen) atoms. The van der Waals surface area contributed by atoms with Gasteiger partial charge in [-0.05, 0) is 12.3 Å². The van der Waals surface area contributed by atoms with Crippen LogP contribution in [0.3, 0.4) is 0 Å². The molecule has 0 heterocycles. The summed E-state index contributed by atoms with van der Waals surface area (Å²) in [6, 6.07) is 0. The highest BCUT2D eigenvalue weighted by Gasteiger charge is 2.04. The van der Waals surface area contributed by atoms with E-state index in [0.717, 1.165) is 6.42 Å². The molecule has 0 rings (SSSR count). The highest BCUT2D eigenvalue weighted by Crippen LogP contribution is 2.13. The molecular weight excluding hydrogens is 174 g/mol. The number of rotatable bonds is 6. The monoisotopic (exact) mass is 201 g/mol. The van der Waals surface area contributed by atoms with Crippen LogP contribution in [0, 0.1) is 5.92 Å². The zero-order valence-electron chi connectivity index (χ0n) is 10.5. The lowest BCUT2D eigenvalue weighted by molar-refractivity contribution is -0.120. The first-order valence-electron chi connectivity index (χ1n) is 5.91. The summed E-state index contributed by atoms with van der Waals surface area (Å²) in [5.41, 5.74) is 0. The lowest BCUT2D eigenvalue weighted by Crippen LogP contribution is -2.18. The second-order valence-corrected chi connectivity index (χ2v) is 3.46. The predicted molar refractivity (Wildman–Crippen MR) is 63.3 cm³/mol. The molecule has 0 aromatic carbocycles. The highest BCUT2D eigenvalue weighted by atomic mass is 16.1. The maximum absolute atomic E-state index is 10.9. The fourth-order valence-corrected chi connectivity index (χ4v) is 1.20. The number of hydrogen-bond acceptors (Lipinski definition) is 1. The van der Waals surface area contributed by atoms with Crippen molar-refractivity contribution in [1.82, 2.24) is 5.32 Å². The van der Waals surface area contributed by atoms with Crippen molar-refractivity contribution in [2.75, 3.05) is 7.05 Å². The molecule has 1 amide bonds. The van der Waals surface area contributed by atoms with Gasteiger partial charge in [-0.25, -0.2) is 0 Å². The largest absolute Gasteiger partial charge is 0.359 e. The van der Waals surface area contributed by atoms with E-state index < -0.39 is 0 Å². The summed E-state index contributed by atoms with van der Waals surface area (Å²) in [5, 5.41) is 2.64. The van der Waals surface area contributed by atoms with Gasteiger partial charge in [-0.1, -0.05) is 47.0 Å². The Bertz CT molecular complexity index is 123. The maximum Gasteiger partial charge on any atom is 0.219 e. The Kier molecular flexibility index (Phi) is 14.2. The zero-order valence-corrected chi connectivity index (χ0v) is 10.5. The molecule has 0 fully saturated rings.